The minimum absolute atomic E-state index is 0.426. The molecule has 2 aromatic heterocycles. The van der Waals surface area contributed by atoms with Crippen LogP contribution in [0.2, 0.25) is 0 Å². The van der Waals surface area contributed by atoms with Gasteiger partial charge in [0.05, 0.1) is 12.2 Å². The highest BCUT2D eigenvalue weighted by atomic mass is 15.3. The molecule has 0 saturated carbocycles. The molecule has 0 atom stereocenters. The number of nitrogens with zero attached hydrogens (tertiary/aromatic N) is 5. The van der Waals surface area contributed by atoms with Crippen molar-refractivity contribution in [2.45, 2.75) is 66.0 Å². The Morgan fingerprint density at radius 2 is 1.93 bits per heavy atom. The summed E-state index contributed by atoms with van der Waals surface area (Å²) in [7, 11) is 2.03. The van der Waals surface area contributed by atoms with Crippen LogP contribution in [0.4, 0.5) is 5.82 Å². The number of aliphatic imine (C=N–C) groups is 1. The fourth-order valence-corrected chi connectivity index (χ4v) is 4.14. The summed E-state index contributed by atoms with van der Waals surface area (Å²) in [5.41, 5.74) is 4.92. The Labute approximate surface area is 181 Å². The molecule has 3 heterocycles. The van der Waals surface area contributed by atoms with Gasteiger partial charge in [0.2, 0.25) is 0 Å². The number of aryl methyl sites for hydroxylation is 3. The molecule has 0 aliphatic carbocycles. The van der Waals surface area contributed by atoms with E-state index >= 15 is 0 Å². The van der Waals surface area contributed by atoms with Gasteiger partial charge in [-0.15, -0.1) is 0 Å². The van der Waals surface area contributed by atoms with Crippen LogP contribution < -0.4 is 15.5 Å². The van der Waals surface area contributed by atoms with Gasteiger partial charge in [0, 0.05) is 50.2 Å². The lowest BCUT2D eigenvalue weighted by Gasteiger charge is -2.33. The second kappa shape index (κ2) is 10.5. The Balaban J connectivity index is 1.62. The van der Waals surface area contributed by atoms with Crippen molar-refractivity contribution in [3.63, 3.8) is 0 Å². The molecule has 7 heteroatoms. The molecule has 3 rings (SSSR count). The molecule has 1 fully saturated rings. The molecule has 1 aliphatic rings. The van der Waals surface area contributed by atoms with Crippen molar-refractivity contribution in [1.82, 2.24) is 25.4 Å². The van der Waals surface area contributed by atoms with Crippen LogP contribution in [0.25, 0.3) is 0 Å². The average molecular weight is 412 g/mol. The van der Waals surface area contributed by atoms with Gasteiger partial charge >= 0.3 is 0 Å². The first-order chi connectivity index (χ1) is 14.5. The highest BCUT2D eigenvalue weighted by molar-refractivity contribution is 5.80. The van der Waals surface area contributed by atoms with Gasteiger partial charge in [-0.3, -0.25) is 4.68 Å². The van der Waals surface area contributed by atoms with Gasteiger partial charge in [-0.1, -0.05) is 19.9 Å². The van der Waals surface area contributed by atoms with Crippen molar-refractivity contribution >= 4 is 11.8 Å². The zero-order valence-corrected chi connectivity index (χ0v) is 19.2. The van der Waals surface area contributed by atoms with Crippen LogP contribution >= 0.6 is 0 Å². The fourth-order valence-electron chi connectivity index (χ4n) is 4.14. The number of nitrogens with one attached hydrogen (secondary N) is 2. The van der Waals surface area contributed by atoms with Gasteiger partial charge < -0.3 is 15.5 Å². The lowest BCUT2D eigenvalue weighted by Crippen LogP contribution is -2.48. The summed E-state index contributed by atoms with van der Waals surface area (Å²) in [4.78, 5) is 11.9. The third-order valence-electron chi connectivity index (χ3n) is 5.82. The van der Waals surface area contributed by atoms with Crippen LogP contribution in [0.15, 0.2) is 23.3 Å². The summed E-state index contributed by atoms with van der Waals surface area (Å²) in [6.45, 7) is 12.1. The standard InChI is InChI=1S/C23H37N7/c1-6-20-19(21(7-2)29(5)28-20)16-26-23(24-8-3)27-18-11-13-30(14-12-18)22-10-9-17(4)15-25-22/h9-10,15,18H,6-8,11-14,16H2,1-5H3,(H2,24,26,27). The molecule has 164 valence electrons. The minimum atomic E-state index is 0.426. The fraction of sp³-hybridized carbons (Fsp3) is 0.609. The molecule has 1 saturated heterocycles. The predicted octanol–water partition coefficient (Wildman–Crippen LogP) is 2.97. The van der Waals surface area contributed by atoms with Crippen molar-refractivity contribution in [3.05, 3.63) is 40.8 Å². The van der Waals surface area contributed by atoms with Gasteiger partial charge in [-0.2, -0.15) is 5.10 Å². The SMILES string of the molecule is CCNC(=NCc1c(CC)nn(C)c1CC)NC1CCN(c2ccc(C)cn2)CC1. The zero-order chi connectivity index (χ0) is 21.5. The Morgan fingerprint density at radius 3 is 2.53 bits per heavy atom. The Bertz CT molecular complexity index is 830. The Morgan fingerprint density at radius 1 is 1.17 bits per heavy atom. The highest BCUT2D eigenvalue weighted by Gasteiger charge is 2.21. The number of rotatable bonds is 7. The number of hydrogen-bond donors (Lipinski definition) is 2. The number of hydrogen-bond acceptors (Lipinski definition) is 4. The summed E-state index contributed by atoms with van der Waals surface area (Å²) >= 11 is 0. The van der Waals surface area contributed by atoms with Crippen LogP contribution in [-0.4, -0.2) is 46.4 Å². The molecule has 0 aromatic carbocycles. The Kier molecular flexibility index (Phi) is 7.71. The van der Waals surface area contributed by atoms with E-state index in [1.807, 2.05) is 17.9 Å². The summed E-state index contributed by atoms with van der Waals surface area (Å²) < 4.78 is 2.01. The van der Waals surface area contributed by atoms with Crippen LogP contribution in [-0.2, 0) is 26.4 Å². The maximum atomic E-state index is 4.91. The van der Waals surface area contributed by atoms with E-state index in [1.165, 1.54) is 16.8 Å². The minimum Gasteiger partial charge on any atom is -0.357 e. The highest BCUT2D eigenvalue weighted by Crippen LogP contribution is 2.19. The maximum absolute atomic E-state index is 4.91. The normalized spacial score (nSPS) is 15.5. The van der Waals surface area contributed by atoms with Crippen LogP contribution in [0.5, 0.6) is 0 Å². The second-order valence-corrected chi connectivity index (χ2v) is 8.00. The van der Waals surface area contributed by atoms with Crippen molar-refractivity contribution < 1.29 is 0 Å². The molecular formula is C23H37N7. The smallest absolute Gasteiger partial charge is 0.191 e. The first kappa shape index (κ1) is 22.1. The van der Waals surface area contributed by atoms with Gasteiger partial charge in [-0.05, 0) is 51.2 Å². The average Bonchev–Trinajstić information content (AvgIpc) is 3.07. The molecule has 2 N–H and O–H groups in total. The lowest BCUT2D eigenvalue weighted by atomic mass is 10.1. The summed E-state index contributed by atoms with van der Waals surface area (Å²) in [6.07, 6.45) is 6.02. The molecule has 0 unspecified atom stereocenters. The third kappa shape index (κ3) is 5.32. The molecule has 2 aromatic rings. The first-order valence-corrected chi connectivity index (χ1v) is 11.3. The van der Waals surface area contributed by atoms with Crippen molar-refractivity contribution in [3.8, 4) is 0 Å². The number of pyridine rings is 1. The monoisotopic (exact) mass is 411 g/mol. The summed E-state index contributed by atoms with van der Waals surface area (Å²) in [5.74, 6) is 1.98. The Hall–Kier alpha value is -2.57. The second-order valence-electron chi connectivity index (χ2n) is 8.00. The number of anilines is 1. The molecular weight excluding hydrogens is 374 g/mol. The molecule has 0 radical (unpaired) electrons. The first-order valence-electron chi connectivity index (χ1n) is 11.3. The quantitative estimate of drug-likeness (QED) is 0.541. The van der Waals surface area contributed by atoms with E-state index in [1.54, 1.807) is 0 Å². The van der Waals surface area contributed by atoms with E-state index < -0.39 is 0 Å². The van der Waals surface area contributed by atoms with E-state index in [9.17, 15) is 0 Å². The molecule has 0 amide bonds. The number of guanidine groups is 1. The lowest BCUT2D eigenvalue weighted by molar-refractivity contribution is 0.459. The maximum Gasteiger partial charge on any atom is 0.191 e. The van der Waals surface area contributed by atoms with Crippen LogP contribution in [0.1, 0.15) is 56.1 Å². The third-order valence-corrected chi connectivity index (χ3v) is 5.82. The molecule has 0 bridgehead atoms. The van der Waals surface area contributed by atoms with Crippen LogP contribution in [0, 0.1) is 6.92 Å². The molecule has 0 spiro atoms. The van der Waals surface area contributed by atoms with E-state index in [-0.39, 0.29) is 0 Å². The van der Waals surface area contributed by atoms with Gasteiger partial charge in [0.25, 0.3) is 0 Å². The van der Waals surface area contributed by atoms with Crippen molar-refractivity contribution in [1.29, 1.82) is 0 Å². The summed E-state index contributed by atoms with van der Waals surface area (Å²) in [5, 5.41) is 11.7. The van der Waals surface area contributed by atoms with Gasteiger partial charge in [0.1, 0.15) is 5.82 Å². The van der Waals surface area contributed by atoms with Gasteiger partial charge in [0.15, 0.2) is 5.96 Å². The topological polar surface area (TPSA) is 70.4 Å². The predicted molar refractivity (Wildman–Crippen MR) is 124 cm³/mol. The van der Waals surface area contributed by atoms with Gasteiger partial charge in [-0.25, -0.2) is 9.98 Å². The molecule has 30 heavy (non-hydrogen) atoms. The summed E-state index contributed by atoms with van der Waals surface area (Å²) in [6, 6.07) is 4.68. The van der Waals surface area contributed by atoms with Crippen LogP contribution in [0.3, 0.4) is 0 Å². The zero-order valence-electron chi connectivity index (χ0n) is 19.2. The largest absolute Gasteiger partial charge is 0.357 e. The van der Waals surface area contributed by atoms with E-state index in [0.717, 1.165) is 62.8 Å². The van der Waals surface area contributed by atoms with Crippen molar-refractivity contribution in [2.24, 2.45) is 12.0 Å². The number of aromatic nitrogens is 3. The van der Waals surface area contributed by atoms with Crippen molar-refractivity contribution in [2.75, 3.05) is 24.5 Å². The van der Waals surface area contributed by atoms with E-state index in [2.05, 4.69) is 65.4 Å². The van der Waals surface area contributed by atoms with E-state index in [4.69, 9.17) is 4.99 Å². The molecule has 1 aliphatic heterocycles. The van der Waals surface area contributed by atoms with E-state index in [0.29, 0.717) is 12.6 Å². The number of piperidine rings is 1. The molecule has 7 nitrogen and oxygen atoms in total.